The lowest BCUT2D eigenvalue weighted by molar-refractivity contribution is -0.119. The highest BCUT2D eigenvalue weighted by Gasteiger charge is 2.28. The molecule has 1 aliphatic rings. The van der Waals surface area contributed by atoms with Crippen molar-refractivity contribution < 1.29 is 14.0 Å². The molecule has 9 heteroatoms. The van der Waals surface area contributed by atoms with Gasteiger partial charge in [-0.25, -0.2) is 9.37 Å². The summed E-state index contributed by atoms with van der Waals surface area (Å²) in [5, 5.41) is 11.9. The largest absolute Gasteiger partial charge is 0.370 e. The first-order valence-electron chi connectivity index (χ1n) is 11.0. The van der Waals surface area contributed by atoms with Gasteiger partial charge in [-0.3, -0.25) is 14.5 Å². The van der Waals surface area contributed by atoms with Crippen LogP contribution in [0.5, 0.6) is 0 Å². The number of aromatic nitrogens is 1. The van der Waals surface area contributed by atoms with Crippen molar-refractivity contribution in [3.63, 3.8) is 0 Å². The third kappa shape index (κ3) is 6.49. The highest BCUT2D eigenvalue weighted by atomic mass is 19.1. The summed E-state index contributed by atoms with van der Waals surface area (Å²) < 4.78 is 14.6. The molecule has 0 radical (unpaired) electrons. The molecule has 1 aromatic heterocycles. The Morgan fingerprint density at radius 2 is 2.06 bits per heavy atom. The molecule has 0 spiro atoms. The summed E-state index contributed by atoms with van der Waals surface area (Å²) >= 11 is 0. The number of nitrogens with zero attached hydrogens (tertiary/aromatic N) is 4. The van der Waals surface area contributed by atoms with E-state index in [0.717, 1.165) is 31.6 Å². The fourth-order valence-electron chi connectivity index (χ4n) is 4.25. The Morgan fingerprint density at radius 1 is 1.33 bits per heavy atom. The monoisotopic (exact) mass is 452 g/mol. The minimum Gasteiger partial charge on any atom is -0.370 e. The van der Waals surface area contributed by atoms with Crippen LogP contribution in [0.15, 0.2) is 36.5 Å². The summed E-state index contributed by atoms with van der Waals surface area (Å²) in [6.45, 7) is 5.27. The van der Waals surface area contributed by atoms with Gasteiger partial charge < -0.3 is 16.0 Å². The molecule has 2 aromatic rings. The van der Waals surface area contributed by atoms with Crippen LogP contribution in [-0.2, 0) is 16.1 Å². The standard InChI is InChI=1S/C24H29FN6O2/c1-16(11-23(27)33)30-9-7-20(8-10-30)31(15-19-12-18(13-26)3-5-22(19)25)21-4-6-24(28-14-21)29-17(2)32/h3-6,12,14,16,20H,7-11,15H2,1-2H3,(H2,27,33)(H,28,29,32)/t16-/m1/s1. The number of pyridine rings is 1. The molecule has 0 unspecified atom stereocenters. The fourth-order valence-corrected chi connectivity index (χ4v) is 4.25. The molecule has 2 heterocycles. The minimum absolute atomic E-state index is 0.0697. The molecule has 1 saturated heterocycles. The third-order valence-corrected chi connectivity index (χ3v) is 5.96. The molecule has 1 aliphatic heterocycles. The van der Waals surface area contributed by atoms with E-state index in [1.165, 1.54) is 19.1 Å². The summed E-state index contributed by atoms with van der Waals surface area (Å²) in [6, 6.07) is 10.2. The Morgan fingerprint density at radius 3 is 2.64 bits per heavy atom. The van der Waals surface area contributed by atoms with E-state index in [9.17, 15) is 19.2 Å². The first kappa shape index (κ1) is 24.1. The topological polar surface area (TPSA) is 115 Å². The zero-order chi connectivity index (χ0) is 24.0. The number of amides is 2. The molecule has 1 fully saturated rings. The van der Waals surface area contributed by atoms with Crippen molar-refractivity contribution in [3.8, 4) is 6.07 Å². The Balaban J connectivity index is 1.83. The van der Waals surface area contributed by atoms with Gasteiger partial charge in [-0.15, -0.1) is 0 Å². The summed E-state index contributed by atoms with van der Waals surface area (Å²) in [6.07, 6.45) is 3.61. The van der Waals surface area contributed by atoms with E-state index in [1.807, 2.05) is 13.0 Å². The van der Waals surface area contributed by atoms with E-state index in [4.69, 9.17) is 5.73 Å². The predicted octanol–water partition coefficient (Wildman–Crippen LogP) is 2.79. The van der Waals surface area contributed by atoms with Crippen molar-refractivity contribution in [1.82, 2.24) is 9.88 Å². The number of carbonyl (C=O) groups excluding carboxylic acids is 2. The summed E-state index contributed by atoms with van der Waals surface area (Å²) in [7, 11) is 0. The Kier molecular flexibility index (Phi) is 7.96. The van der Waals surface area contributed by atoms with Gasteiger partial charge in [-0.2, -0.15) is 5.26 Å². The van der Waals surface area contributed by atoms with Crippen molar-refractivity contribution in [2.24, 2.45) is 5.73 Å². The van der Waals surface area contributed by atoms with E-state index < -0.39 is 0 Å². The van der Waals surface area contributed by atoms with Gasteiger partial charge in [0, 0.05) is 50.6 Å². The molecular weight excluding hydrogens is 423 g/mol. The number of hydrogen-bond donors (Lipinski definition) is 2. The summed E-state index contributed by atoms with van der Waals surface area (Å²) in [4.78, 5) is 31.3. The van der Waals surface area contributed by atoms with Crippen LogP contribution in [0.1, 0.15) is 44.2 Å². The van der Waals surface area contributed by atoms with Crippen LogP contribution in [-0.4, -0.2) is 46.9 Å². The van der Waals surface area contributed by atoms with E-state index >= 15 is 0 Å². The van der Waals surface area contributed by atoms with Crippen LogP contribution in [0.4, 0.5) is 15.9 Å². The lowest BCUT2D eigenvalue weighted by Crippen LogP contribution is -2.48. The number of primary amides is 1. The molecule has 0 aliphatic carbocycles. The molecule has 0 saturated carbocycles. The molecule has 174 valence electrons. The zero-order valence-electron chi connectivity index (χ0n) is 18.9. The van der Waals surface area contributed by atoms with Crippen LogP contribution in [0.25, 0.3) is 0 Å². The van der Waals surface area contributed by atoms with E-state index in [1.54, 1.807) is 18.3 Å². The number of nitriles is 1. The fraction of sp³-hybridized carbons (Fsp3) is 0.417. The second-order valence-corrected chi connectivity index (χ2v) is 8.42. The van der Waals surface area contributed by atoms with Gasteiger partial charge in [-0.1, -0.05) is 0 Å². The van der Waals surface area contributed by atoms with Gasteiger partial charge in [0.2, 0.25) is 11.8 Å². The van der Waals surface area contributed by atoms with Gasteiger partial charge in [-0.05, 0) is 50.1 Å². The van der Waals surface area contributed by atoms with Crippen LogP contribution in [0.3, 0.4) is 0 Å². The van der Waals surface area contributed by atoms with Crippen molar-refractivity contribution in [2.45, 2.75) is 51.7 Å². The van der Waals surface area contributed by atoms with Crippen molar-refractivity contribution >= 4 is 23.3 Å². The summed E-state index contributed by atoms with van der Waals surface area (Å²) in [5.74, 6) is -0.447. The van der Waals surface area contributed by atoms with Crippen LogP contribution in [0.2, 0.25) is 0 Å². The zero-order valence-corrected chi connectivity index (χ0v) is 18.9. The quantitative estimate of drug-likeness (QED) is 0.636. The molecule has 33 heavy (non-hydrogen) atoms. The Bertz CT molecular complexity index is 1030. The van der Waals surface area contributed by atoms with Crippen molar-refractivity contribution in [3.05, 3.63) is 53.5 Å². The number of nitrogens with one attached hydrogen (secondary N) is 1. The van der Waals surface area contributed by atoms with Crippen LogP contribution >= 0.6 is 0 Å². The van der Waals surface area contributed by atoms with Crippen molar-refractivity contribution in [2.75, 3.05) is 23.3 Å². The second kappa shape index (κ2) is 10.9. The van der Waals surface area contributed by atoms with Gasteiger partial charge in [0.25, 0.3) is 0 Å². The molecule has 1 atom stereocenters. The molecule has 3 N–H and O–H groups in total. The predicted molar refractivity (Wildman–Crippen MR) is 124 cm³/mol. The number of rotatable bonds is 8. The lowest BCUT2D eigenvalue weighted by atomic mass is 9.99. The molecule has 0 bridgehead atoms. The number of nitrogens with two attached hydrogens (primary N) is 1. The maximum absolute atomic E-state index is 14.6. The number of anilines is 2. The van der Waals surface area contributed by atoms with Gasteiger partial charge in [0.15, 0.2) is 0 Å². The summed E-state index contributed by atoms with van der Waals surface area (Å²) in [5.41, 5.74) is 6.99. The van der Waals surface area contributed by atoms with Crippen LogP contribution < -0.4 is 16.0 Å². The number of benzene rings is 1. The van der Waals surface area contributed by atoms with E-state index in [2.05, 4.69) is 26.2 Å². The highest BCUT2D eigenvalue weighted by molar-refractivity contribution is 5.87. The average Bonchev–Trinajstić information content (AvgIpc) is 2.78. The first-order valence-corrected chi connectivity index (χ1v) is 11.0. The number of likely N-dealkylation sites (tertiary alicyclic amines) is 1. The van der Waals surface area contributed by atoms with Gasteiger partial charge in [0.05, 0.1) is 23.5 Å². The maximum Gasteiger partial charge on any atom is 0.222 e. The number of piperidine rings is 1. The number of halogens is 1. The second-order valence-electron chi connectivity index (χ2n) is 8.42. The number of hydrogen-bond acceptors (Lipinski definition) is 6. The van der Waals surface area contributed by atoms with Gasteiger partial charge >= 0.3 is 0 Å². The molecule has 1 aromatic carbocycles. The Hall–Kier alpha value is -3.51. The van der Waals surface area contributed by atoms with Gasteiger partial charge in [0.1, 0.15) is 11.6 Å². The van der Waals surface area contributed by atoms with Crippen molar-refractivity contribution in [1.29, 1.82) is 5.26 Å². The molecular formula is C24H29FN6O2. The SMILES string of the molecule is CC(=O)Nc1ccc(N(Cc2cc(C#N)ccc2F)C2CCN([C@H](C)CC(N)=O)CC2)cn1. The normalized spacial score (nSPS) is 15.5. The van der Waals surface area contributed by atoms with Crippen LogP contribution in [0, 0.1) is 17.1 Å². The highest BCUT2D eigenvalue weighted by Crippen LogP contribution is 2.28. The van der Waals surface area contributed by atoms with E-state index in [-0.39, 0.29) is 36.3 Å². The first-order chi connectivity index (χ1) is 15.8. The molecule has 8 nitrogen and oxygen atoms in total. The minimum atomic E-state index is -0.366. The maximum atomic E-state index is 14.6. The molecule has 3 rings (SSSR count). The number of carbonyl (C=O) groups is 2. The smallest absolute Gasteiger partial charge is 0.222 e. The third-order valence-electron chi connectivity index (χ3n) is 5.96. The Labute approximate surface area is 193 Å². The average molecular weight is 453 g/mol. The lowest BCUT2D eigenvalue weighted by Gasteiger charge is -2.41. The van der Waals surface area contributed by atoms with E-state index in [0.29, 0.717) is 23.4 Å². The molecule has 2 amide bonds.